The number of nitrogens with one attached hydrogen (secondary N) is 2. The van der Waals surface area contributed by atoms with Gasteiger partial charge in [-0.3, -0.25) is 4.90 Å². The average molecular weight is 345 g/mol. The number of nitrogens with zero attached hydrogens (tertiary/aromatic N) is 1. The van der Waals surface area contributed by atoms with E-state index in [-0.39, 0.29) is 18.1 Å². The molecule has 0 bridgehead atoms. The van der Waals surface area contributed by atoms with Crippen molar-refractivity contribution in [1.82, 2.24) is 15.5 Å². The summed E-state index contributed by atoms with van der Waals surface area (Å²) < 4.78 is 5.40. The zero-order chi connectivity index (χ0) is 17.6. The van der Waals surface area contributed by atoms with Crippen molar-refractivity contribution in [3.8, 4) is 0 Å². The standard InChI is InChI=1S/C20H31N3O2/c1-15-12-23(13-17-6-4-3-5-7-17)14-19(15)22-20(24)21-16(2)18-8-10-25-11-9-18/h3-7,15-16,18-19H,8-14H2,1-2H3,(H2,21,22,24)/t15-,16+,19+/m1/s1. The second-order valence-electron chi connectivity index (χ2n) is 7.62. The number of urea groups is 1. The van der Waals surface area contributed by atoms with Gasteiger partial charge in [0.1, 0.15) is 0 Å². The number of amides is 2. The second-order valence-corrected chi connectivity index (χ2v) is 7.62. The smallest absolute Gasteiger partial charge is 0.315 e. The number of benzene rings is 1. The van der Waals surface area contributed by atoms with Crippen LogP contribution in [0.5, 0.6) is 0 Å². The summed E-state index contributed by atoms with van der Waals surface area (Å²) in [6, 6.07) is 10.9. The van der Waals surface area contributed by atoms with Gasteiger partial charge in [-0.2, -0.15) is 0 Å². The lowest BCUT2D eigenvalue weighted by Gasteiger charge is -2.29. The van der Waals surface area contributed by atoms with E-state index in [1.165, 1.54) is 5.56 Å². The highest BCUT2D eigenvalue weighted by Crippen LogP contribution is 2.20. The second kappa shape index (κ2) is 8.68. The molecule has 25 heavy (non-hydrogen) atoms. The maximum absolute atomic E-state index is 12.4. The summed E-state index contributed by atoms with van der Waals surface area (Å²) in [5.74, 6) is 0.989. The van der Waals surface area contributed by atoms with Crippen LogP contribution in [0.1, 0.15) is 32.3 Å². The third-order valence-corrected chi connectivity index (χ3v) is 5.59. The molecule has 0 saturated carbocycles. The Balaban J connectivity index is 1.44. The Kier molecular flexibility index (Phi) is 6.32. The zero-order valence-corrected chi connectivity index (χ0v) is 15.4. The number of hydrogen-bond acceptors (Lipinski definition) is 3. The molecule has 0 unspecified atom stereocenters. The minimum atomic E-state index is -0.0302. The lowest BCUT2D eigenvalue weighted by molar-refractivity contribution is 0.0570. The van der Waals surface area contributed by atoms with Crippen molar-refractivity contribution in [2.45, 2.75) is 45.3 Å². The molecule has 0 aliphatic carbocycles. The van der Waals surface area contributed by atoms with Crippen LogP contribution in [0, 0.1) is 11.8 Å². The minimum absolute atomic E-state index is 0.0302. The number of carbonyl (C=O) groups excluding carboxylic acids is 1. The van der Waals surface area contributed by atoms with E-state index in [0.717, 1.165) is 45.7 Å². The molecule has 0 radical (unpaired) electrons. The van der Waals surface area contributed by atoms with Crippen LogP contribution in [-0.4, -0.2) is 49.3 Å². The molecule has 1 aromatic rings. The minimum Gasteiger partial charge on any atom is -0.381 e. The molecule has 2 saturated heterocycles. The first kappa shape index (κ1) is 18.2. The Morgan fingerprint density at radius 2 is 1.96 bits per heavy atom. The predicted octanol–water partition coefficient (Wildman–Crippen LogP) is 2.62. The van der Waals surface area contributed by atoms with Gasteiger partial charge in [-0.1, -0.05) is 37.3 Å². The number of carbonyl (C=O) groups is 1. The summed E-state index contributed by atoms with van der Waals surface area (Å²) >= 11 is 0. The third-order valence-electron chi connectivity index (χ3n) is 5.59. The van der Waals surface area contributed by atoms with Crippen LogP contribution in [-0.2, 0) is 11.3 Å². The van der Waals surface area contributed by atoms with Crippen molar-refractivity contribution in [2.75, 3.05) is 26.3 Å². The quantitative estimate of drug-likeness (QED) is 0.862. The van der Waals surface area contributed by atoms with Gasteiger partial charge in [0.05, 0.1) is 0 Å². The molecule has 3 atom stereocenters. The molecule has 2 N–H and O–H groups in total. The van der Waals surface area contributed by atoms with Crippen LogP contribution < -0.4 is 10.6 Å². The first-order valence-corrected chi connectivity index (χ1v) is 9.53. The van der Waals surface area contributed by atoms with E-state index < -0.39 is 0 Å². The highest BCUT2D eigenvalue weighted by Gasteiger charge is 2.31. The fourth-order valence-electron chi connectivity index (χ4n) is 3.98. The summed E-state index contributed by atoms with van der Waals surface area (Å²) in [4.78, 5) is 14.8. The molecule has 0 spiro atoms. The summed E-state index contributed by atoms with van der Waals surface area (Å²) in [5.41, 5.74) is 1.33. The van der Waals surface area contributed by atoms with Gasteiger partial charge in [0.15, 0.2) is 0 Å². The molecule has 3 rings (SSSR count). The highest BCUT2D eigenvalue weighted by molar-refractivity contribution is 5.74. The molecule has 1 aromatic carbocycles. The third kappa shape index (κ3) is 5.19. The number of hydrogen-bond donors (Lipinski definition) is 2. The van der Waals surface area contributed by atoms with Gasteiger partial charge in [0, 0.05) is 44.9 Å². The van der Waals surface area contributed by atoms with Crippen molar-refractivity contribution in [3.63, 3.8) is 0 Å². The molecule has 5 nitrogen and oxygen atoms in total. The Bertz CT molecular complexity index is 545. The molecule has 2 amide bonds. The summed E-state index contributed by atoms with van der Waals surface area (Å²) in [6.45, 7) is 8.83. The first-order valence-electron chi connectivity index (χ1n) is 9.53. The van der Waals surface area contributed by atoms with Gasteiger partial charge in [-0.25, -0.2) is 4.79 Å². The normalized spacial score (nSPS) is 26.3. The van der Waals surface area contributed by atoms with Crippen molar-refractivity contribution in [2.24, 2.45) is 11.8 Å². The van der Waals surface area contributed by atoms with Gasteiger partial charge >= 0.3 is 6.03 Å². The maximum atomic E-state index is 12.4. The van der Waals surface area contributed by atoms with Crippen LogP contribution in [0.4, 0.5) is 4.79 Å². The summed E-state index contributed by atoms with van der Waals surface area (Å²) in [5, 5.41) is 6.33. The summed E-state index contributed by atoms with van der Waals surface area (Å²) in [6.07, 6.45) is 2.07. The number of likely N-dealkylation sites (tertiary alicyclic amines) is 1. The Labute approximate surface area is 151 Å². The SMILES string of the molecule is C[C@H](NC(=O)N[C@H]1CN(Cc2ccccc2)C[C@H]1C)C1CCOCC1. The van der Waals surface area contributed by atoms with Crippen molar-refractivity contribution in [3.05, 3.63) is 35.9 Å². The average Bonchev–Trinajstić information content (AvgIpc) is 2.95. The zero-order valence-electron chi connectivity index (χ0n) is 15.4. The number of ether oxygens (including phenoxy) is 1. The van der Waals surface area contributed by atoms with Crippen LogP contribution >= 0.6 is 0 Å². The Morgan fingerprint density at radius 1 is 1.24 bits per heavy atom. The van der Waals surface area contributed by atoms with Crippen LogP contribution in [0.25, 0.3) is 0 Å². The molecule has 2 heterocycles. The predicted molar refractivity (Wildman–Crippen MR) is 99.3 cm³/mol. The monoisotopic (exact) mass is 345 g/mol. The fourth-order valence-corrected chi connectivity index (χ4v) is 3.98. The lowest BCUT2D eigenvalue weighted by Crippen LogP contribution is -2.50. The molecule has 2 aliphatic heterocycles. The maximum Gasteiger partial charge on any atom is 0.315 e. The van der Waals surface area contributed by atoms with E-state index in [0.29, 0.717) is 11.8 Å². The Hall–Kier alpha value is -1.59. The van der Waals surface area contributed by atoms with E-state index in [9.17, 15) is 4.79 Å². The molecule has 2 aliphatic rings. The van der Waals surface area contributed by atoms with Crippen molar-refractivity contribution < 1.29 is 9.53 Å². The van der Waals surface area contributed by atoms with Crippen LogP contribution in [0.3, 0.4) is 0 Å². The van der Waals surface area contributed by atoms with Crippen molar-refractivity contribution in [1.29, 1.82) is 0 Å². The molecule has 5 heteroatoms. The van der Waals surface area contributed by atoms with Crippen LogP contribution in [0.15, 0.2) is 30.3 Å². The largest absolute Gasteiger partial charge is 0.381 e. The highest BCUT2D eigenvalue weighted by atomic mass is 16.5. The molecule has 138 valence electrons. The molecular formula is C20H31N3O2. The van der Waals surface area contributed by atoms with E-state index in [2.05, 4.69) is 53.6 Å². The summed E-state index contributed by atoms with van der Waals surface area (Å²) in [7, 11) is 0. The lowest BCUT2D eigenvalue weighted by atomic mass is 9.93. The fraction of sp³-hybridized carbons (Fsp3) is 0.650. The van der Waals surface area contributed by atoms with E-state index >= 15 is 0 Å². The molecule has 2 fully saturated rings. The van der Waals surface area contributed by atoms with E-state index in [1.54, 1.807) is 0 Å². The molecule has 0 aromatic heterocycles. The van der Waals surface area contributed by atoms with Gasteiger partial charge < -0.3 is 15.4 Å². The van der Waals surface area contributed by atoms with Gasteiger partial charge in [0.25, 0.3) is 0 Å². The van der Waals surface area contributed by atoms with Gasteiger partial charge in [0.2, 0.25) is 0 Å². The van der Waals surface area contributed by atoms with E-state index in [1.807, 2.05) is 6.07 Å². The van der Waals surface area contributed by atoms with Gasteiger partial charge in [-0.15, -0.1) is 0 Å². The first-order chi connectivity index (χ1) is 12.1. The van der Waals surface area contributed by atoms with Crippen molar-refractivity contribution >= 4 is 6.03 Å². The molecular weight excluding hydrogens is 314 g/mol. The Morgan fingerprint density at radius 3 is 2.68 bits per heavy atom. The van der Waals surface area contributed by atoms with E-state index in [4.69, 9.17) is 4.74 Å². The van der Waals surface area contributed by atoms with Crippen LogP contribution in [0.2, 0.25) is 0 Å². The topological polar surface area (TPSA) is 53.6 Å². The van der Waals surface area contributed by atoms with Gasteiger partial charge in [-0.05, 0) is 37.2 Å². The number of rotatable bonds is 5.